The summed E-state index contributed by atoms with van der Waals surface area (Å²) >= 11 is 0. The molecule has 5 aromatic heterocycles. The highest BCUT2D eigenvalue weighted by Gasteiger charge is 2.21. The SMILES string of the molecule is C=C(Nc1cncc(-c2cc3c(-c4cc5c(-c6ccncc6)cccc5[nH]4)n[nH]c3cn2)c1)C1CCC1. The van der Waals surface area contributed by atoms with Crippen LogP contribution < -0.4 is 5.32 Å². The van der Waals surface area contributed by atoms with Crippen molar-refractivity contribution in [3.05, 3.63) is 91.8 Å². The molecular formula is C30H25N7. The van der Waals surface area contributed by atoms with Crippen LogP contribution in [0.25, 0.3) is 55.6 Å². The van der Waals surface area contributed by atoms with Crippen LogP contribution in [-0.2, 0) is 0 Å². The van der Waals surface area contributed by atoms with Crippen molar-refractivity contribution >= 4 is 27.5 Å². The van der Waals surface area contributed by atoms with Gasteiger partial charge in [0.25, 0.3) is 0 Å². The van der Waals surface area contributed by atoms with Gasteiger partial charge in [0.15, 0.2) is 0 Å². The van der Waals surface area contributed by atoms with Gasteiger partial charge in [0, 0.05) is 46.1 Å². The Labute approximate surface area is 213 Å². The molecule has 7 rings (SSSR count). The molecule has 0 amide bonds. The maximum Gasteiger partial charge on any atom is 0.116 e. The van der Waals surface area contributed by atoms with Crippen LogP contribution in [0.4, 0.5) is 5.69 Å². The van der Waals surface area contributed by atoms with Crippen molar-refractivity contribution in [1.29, 1.82) is 0 Å². The molecule has 1 saturated carbocycles. The lowest BCUT2D eigenvalue weighted by Gasteiger charge is -2.28. The lowest BCUT2D eigenvalue weighted by atomic mass is 9.83. The lowest BCUT2D eigenvalue weighted by molar-refractivity contribution is 0.371. The fourth-order valence-corrected chi connectivity index (χ4v) is 5.04. The Bertz CT molecular complexity index is 1760. The van der Waals surface area contributed by atoms with Gasteiger partial charge in [-0.05, 0) is 66.3 Å². The van der Waals surface area contributed by atoms with Crippen molar-refractivity contribution in [1.82, 2.24) is 30.1 Å². The van der Waals surface area contributed by atoms with Crippen LogP contribution in [0, 0.1) is 5.92 Å². The number of nitrogens with one attached hydrogen (secondary N) is 3. The molecule has 5 heterocycles. The number of rotatable bonds is 6. The predicted molar refractivity (Wildman–Crippen MR) is 148 cm³/mol. The van der Waals surface area contributed by atoms with Crippen molar-refractivity contribution < 1.29 is 0 Å². The maximum absolute atomic E-state index is 4.69. The summed E-state index contributed by atoms with van der Waals surface area (Å²) in [5.41, 5.74) is 9.82. The third-order valence-corrected chi connectivity index (χ3v) is 7.29. The van der Waals surface area contributed by atoms with Gasteiger partial charge in [-0.25, -0.2) is 0 Å². The van der Waals surface area contributed by atoms with E-state index in [4.69, 9.17) is 0 Å². The Balaban J connectivity index is 1.26. The van der Waals surface area contributed by atoms with Gasteiger partial charge >= 0.3 is 0 Å². The first kappa shape index (κ1) is 21.5. The third kappa shape index (κ3) is 3.85. The normalized spacial score (nSPS) is 13.6. The highest BCUT2D eigenvalue weighted by molar-refractivity contribution is 6.01. The molecule has 0 radical (unpaired) electrons. The van der Waals surface area contributed by atoms with Crippen molar-refractivity contribution in [2.75, 3.05) is 5.32 Å². The summed E-state index contributed by atoms with van der Waals surface area (Å²) < 4.78 is 0. The summed E-state index contributed by atoms with van der Waals surface area (Å²) in [7, 11) is 0. The number of anilines is 1. The fraction of sp³-hybridized carbons (Fsp3) is 0.133. The summed E-state index contributed by atoms with van der Waals surface area (Å²) in [5, 5.41) is 13.4. The van der Waals surface area contributed by atoms with Crippen LogP contribution in [0.3, 0.4) is 0 Å². The minimum absolute atomic E-state index is 0.557. The van der Waals surface area contributed by atoms with Crippen LogP contribution in [-0.4, -0.2) is 30.1 Å². The number of aromatic amines is 2. The van der Waals surface area contributed by atoms with Crippen LogP contribution in [0.1, 0.15) is 19.3 Å². The molecule has 6 aromatic rings. The van der Waals surface area contributed by atoms with Crippen molar-refractivity contribution in [2.45, 2.75) is 19.3 Å². The molecule has 0 saturated heterocycles. The van der Waals surface area contributed by atoms with Gasteiger partial charge in [0.2, 0.25) is 0 Å². The van der Waals surface area contributed by atoms with Gasteiger partial charge in [-0.2, -0.15) is 5.10 Å². The number of pyridine rings is 3. The van der Waals surface area contributed by atoms with Gasteiger partial charge in [-0.3, -0.25) is 20.1 Å². The zero-order chi connectivity index (χ0) is 24.8. The number of nitrogens with zero attached hydrogens (tertiary/aromatic N) is 4. The number of fused-ring (bicyclic) bond motifs is 2. The zero-order valence-electron chi connectivity index (χ0n) is 20.2. The average molecular weight is 484 g/mol. The van der Waals surface area contributed by atoms with Gasteiger partial charge in [-0.1, -0.05) is 25.1 Å². The summed E-state index contributed by atoms with van der Waals surface area (Å²) in [5.74, 6) is 0.557. The quantitative estimate of drug-likeness (QED) is 0.238. The minimum Gasteiger partial charge on any atom is -0.358 e. The lowest BCUT2D eigenvalue weighted by Crippen LogP contribution is -2.18. The Hall–Kier alpha value is -4.78. The standard InChI is InChI=1S/C30H25N7/c1-18(19-4-2-5-19)34-22-12-21(15-32-16-22)27-14-25-29(17-33-27)36-37-30(25)28-13-24-23(6-3-7-26(24)35-28)20-8-10-31-11-9-20/h3,6-17,19,34-35H,1-2,4-5H2,(H,36,37). The third-order valence-electron chi connectivity index (χ3n) is 7.29. The molecule has 0 aliphatic heterocycles. The summed E-state index contributed by atoms with van der Waals surface area (Å²) in [4.78, 5) is 16.9. The second-order valence-electron chi connectivity index (χ2n) is 9.61. The number of hydrogen-bond donors (Lipinski definition) is 3. The smallest absolute Gasteiger partial charge is 0.116 e. The molecule has 37 heavy (non-hydrogen) atoms. The average Bonchev–Trinajstić information content (AvgIpc) is 3.52. The number of hydrogen-bond acceptors (Lipinski definition) is 5. The second kappa shape index (κ2) is 8.71. The molecule has 1 fully saturated rings. The molecular weight excluding hydrogens is 458 g/mol. The molecule has 7 nitrogen and oxygen atoms in total. The monoisotopic (exact) mass is 483 g/mol. The first-order valence-electron chi connectivity index (χ1n) is 12.5. The second-order valence-corrected chi connectivity index (χ2v) is 9.61. The molecule has 1 aliphatic rings. The predicted octanol–water partition coefficient (Wildman–Crippen LogP) is 6.96. The molecule has 180 valence electrons. The zero-order valence-corrected chi connectivity index (χ0v) is 20.2. The first-order valence-corrected chi connectivity index (χ1v) is 12.5. The molecule has 1 aromatic carbocycles. The van der Waals surface area contributed by atoms with E-state index in [1.807, 2.05) is 43.1 Å². The Morgan fingerprint density at radius 3 is 2.62 bits per heavy atom. The van der Waals surface area contributed by atoms with Crippen LogP contribution in [0.5, 0.6) is 0 Å². The summed E-state index contributed by atoms with van der Waals surface area (Å²) in [6.07, 6.45) is 12.8. The number of H-pyrrole nitrogens is 2. The van der Waals surface area contributed by atoms with E-state index in [-0.39, 0.29) is 0 Å². The van der Waals surface area contributed by atoms with Gasteiger partial charge in [0.05, 0.1) is 35.0 Å². The fourth-order valence-electron chi connectivity index (χ4n) is 5.04. The number of benzene rings is 1. The molecule has 7 heteroatoms. The van der Waals surface area contributed by atoms with Crippen molar-refractivity contribution in [3.63, 3.8) is 0 Å². The van der Waals surface area contributed by atoms with E-state index >= 15 is 0 Å². The maximum atomic E-state index is 4.69. The summed E-state index contributed by atoms with van der Waals surface area (Å²) in [6.45, 7) is 4.22. The van der Waals surface area contributed by atoms with E-state index in [0.29, 0.717) is 5.92 Å². The van der Waals surface area contributed by atoms with Crippen LogP contribution >= 0.6 is 0 Å². The largest absolute Gasteiger partial charge is 0.358 e. The highest BCUT2D eigenvalue weighted by Crippen LogP contribution is 2.35. The van der Waals surface area contributed by atoms with E-state index in [0.717, 1.165) is 67.0 Å². The molecule has 0 atom stereocenters. The van der Waals surface area contributed by atoms with E-state index in [2.05, 4.69) is 78.4 Å². The van der Waals surface area contributed by atoms with E-state index < -0.39 is 0 Å². The Kier molecular flexibility index (Phi) is 5.06. The van der Waals surface area contributed by atoms with E-state index in [9.17, 15) is 0 Å². The van der Waals surface area contributed by atoms with Crippen LogP contribution in [0.15, 0.2) is 91.8 Å². The molecule has 0 spiro atoms. The van der Waals surface area contributed by atoms with Gasteiger partial charge in [0.1, 0.15) is 5.69 Å². The topological polar surface area (TPSA) is 95.2 Å². The molecule has 3 N–H and O–H groups in total. The Morgan fingerprint density at radius 2 is 1.78 bits per heavy atom. The van der Waals surface area contributed by atoms with Crippen LogP contribution in [0.2, 0.25) is 0 Å². The number of aromatic nitrogens is 6. The molecule has 0 unspecified atom stereocenters. The molecule has 1 aliphatic carbocycles. The van der Waals surface area contributed by atoms with Crippen molar-refractivity contribution in [2.24, 2.45) is 5.92 Å². The van der Waals surface area contributed by atoms with E-state index in [1.165, 1.54) is 19.3 Å². The van der Waals surface area contributed by atoms with Crippen molar-refractivity contribution in [3.8, 4) is 33.8 Å². The van der Waals surface area contributed by atoms with Gasteiger partial charge in [-0.15, -0.1) is 0 Å². The minimum atomic E-state index is 0.557. The first-order chi connectivity index (χ1) is 18.2. The summed E-state index contributed by atoms with van der Waals surface area (Å²) in [6, 6.07) is 16.7. The Morgan fingerprint density at radius 1 is 0.892 bits per heavy atom. The van der Waals surface area contributed by atoms with E-state index in [1.54, 1.807) is 0 Å². The van der Waals surface area contributed by atoms with Gasteiger partial charge < -0.3 is 10.3 Å². The number of allylic oxidation sites excluding steroid dienone is 1. The molecule has 0 bridgehead atoms. The highest BCUT2D eigenvalue weighted by atomic mass is 15.1.